The van der Waals surface area contributed by atoms with Crippen molar-refractivity contribution in [3.63, 3.8) is 0 Å². The molecule has 1 aromatic rings. The van der Waals surface area contributed by atoms with Crippen LogP contribution in [0.1, 0.15) is 48.9 Å². The van der Waals surface area contributed by atoms with Gasteiger partial charge in [0.2, 0.25) is 0 Å². The van der Waals surface area contributed by atoms with Crippen LogP contribution in [0.3, 0.4) is 0 Å². The smallest absolute Gasteiger partial charge is 0.312 e. The number of nitrogens with two attached hydrogens (primary N) is 1. The Morgan fingerprint density at radius 1 is 1.53 bits per heavy atom. The number of urea groups is 1. The van der Waals surface area contributed by atoms with E-state index >= 15 is 0 Å². The zero-order valence-corrected chi connectivity index (χ0v) is 10.3. The second-order valence-corrected chi connectivity index (χ2v) is 4.74. The average molecular weight is 232 g/mol. The van der Waals surface area contributed by atoms with Crippen molar-refractivity contribution in [1.29, 1.82) is 0 Å². The predicted molar refractivity (Wildman–Crippen MR) is 68.8 cm³/mol. The first-order valence-corrected chi connectivity index (χ1v) is 6.38. The predicted octanol–water partition coefficient (Wildman–Crippen LogP) is 2.68. The summed E-state index contributed by atoms with van der Waals surface area (Å²) in [5, 5.41) is 2.85. The topological polar surface area (TPSA) is 55.1 Å². The van der Waals surface area contributed by atoms with Gasteiger partial charge in [0.1, 0.15) is 0 Å². The summed E-state index contributed by atoms with van der Waals surface area (Å²) < 4.78 is 0. The summed E-state index contributed by atoms with van der Waals surface area (Å²) in [6, 6.07) is 6.32. The normalized spacial score (nSPS) is 18.5. The molecule has 0 saturated heterocycles. The zero-order chi connectivity index (χ0) is 12.3. The number of aryl methyl sites for hydroxylation is 2. The van der Waals surface area contributed by atoms with Gasteiger partial charge in [-0.05, 0) is 42.4 Å². The van der Waals surface area contributed by atoms with E-state index in [0.29, 0.717) is 0 Å². The molecule has 1 unspecified atom stereocenters. The molecular formula is C14H20N2O. The van der Waals surface area contributed by atoms with Crippen molar-refractivity contribution in [2.45, 2.75) is 45.1 Å². The van der Waals surface area contributed by atoms with Crippen molar-refractivity contribution >= 4 is 6.03 Å². The highest BCUT2D eigenvalue weighted by Crippen LogP contribution is 2.30. The fourth-order valence-corrected chi connectivity index (χ4v) is 2.61. The van der Waals surface area contributed by atoms with E-state index in [1.807, 2.05) is 0 Å². The SMILES string of the molecule is CCCc1ccc2c(c1)C(NC(N)=O)CCC2. The van der Waals surface area contributed by atoms with E-state index in [4.69, 9.17) is 5.73 Å². The Morgan fingerprint density at radius 3 is 3.06 bits per heavy atom. The largest absolute Gasteiger partial charge is 0.352 e. The molecule has 1 aliphatic rings. The van der Waals surface area contributed by atoms with Crippen LogP contribution < -0.4 is 11.1 Å². The van der Waals surface area contributed by atoms with Gasteiger partial charge in [-0.15, -0.1) is 0 Å². The van der Waals surface area contributed by atoms with Crippen LogP contribution in [0.25, 0.3) is 0 Å². The number of carbonyl (C=O) groups excluding carboxylic acids is 1. The number of nitrogens with one attached hydrogen (secondary N) is 1. The molecule has 3 N–H and O–H groups in total. The van der Waals surface area contributed by atoms with Crippen LogP contribution in [0, 0.1) is 0 Å². The maximum absolute atomic E-state index is 11.0. The molecule has 3 heteroatoms. The molecule has 0 aromatic heterocycles. The summed E-state index contributed by atoms with van der Waals surface area (Å²) in [4.78, 5) is 11.0. The van der Waals surface area contributed by atoms with Gasteiger partial charge in [0, 0.05) is 0 Å². The second-order valence-electron chi connectivity index (χ2n) is 4.74. The van der Waals surface area contributed by atoms with Gasteiger partial charge >= 0.3 is 6.03 Å². The Labute approximate surface area is 102 Å². The van der Waals surface area contributed by atoms with Crippen LogP contribution in [0.5, 0.6) is 0 Å². The van der Waals surface area contributed by atoms with Crippen molar-refractivity contribution in [2.24, 2.45) is 5.73 Å². The number of hydrogen-bond donors (Lipinski definition) is 2. The summed E-state index contributed by atoms with van der Waals surface area (Å²) in [6.45, 7) is 2.18. The first-order chi connectivity index (χ1) is 8.20. The van der Waals surface area contributed by atoms with Crippen LogP contribution in [0.4, 0.5) is 4.79 Å². The van der Waals surface area contributed by atoms with Crippen molar-refractivity contribution in [3.8, 4) is 0 Å². The number of fused-ring (bicyclic) bond motifs is 1. The standard InChI is InChI=1S/C14H20N2O/c1-2-4-10-7-8-11-5-3-6-13(12(11)9-10)16-14(15)17/h7-9,13H,2-6H2,1H3,(H3,15,16,17). The first kappa shape index (κ1) is 12.0. The number of rotatable bonds is 3. The lowest BCUT2D eigenvalue weighted by Gasteiger charge is -2.26. The molecule has 92 valence electrons. The minimum atomic E-state index is -0.427. The van der Waals surface area contributed by atoms with Gasteiger partial charge in [-0.2, -0.15) is 0 Å². The molecule has 2 amide bonds. The molecule has 3 nitrogen and oxygen atoms in total. The van der Waals surface area contributed by atoms with Gasteiger partial charge < -0.3 is 11.1 Å². The molecule has 1 atom stereocenters. The summed E-state index contributed by atoms with van der Waals surface area (Å²) in [5.74, 6) is 0. The molecule has 17 heavy (non-hydrogen) atoms. The summed E-state index contributed by atoms with van der Waals surface area (Å²) in [6.07, 6.45) is 5.46. The highest BCUT2D eigenvalue weighted by Gasteiger charge is 2.21. The third kappa shape index (κ3) is 2.78. The average Bonchev–Trinajstić information content (AvgIpc) is 2.29. The summed E-state index contributed by atoms with van der Waals surface area (Å²) in [5.41, 5.74) is 9.20. The Hall–Kier alpha value is -1.51. The molecule has 1 aliphatic carbocycles. The molecule has 0 heterocycles. The van der Waals surface area contributed by atoms with Gasteiger partial charge in [0.05, 0.1) is 6.04 Å². The molecule has 0 fully saturated rings. The Bertz CT molecular complexity index is 415. The third-order valence-electron chi connectivity index (χ3n) is 3.38. The van der Waals surface area contributed by atoms with E-state index in [0.717, 1.165) is 32.1 Å². The molecule has 1 aromatic carbocycles. The lowest BCUT2D eigenvalue weighted by Crippen LogP contribution is -2.35. The minimum Gasteiger partial charge on any atom is -0.352 e. The molecule has 0 aliphatic heterocycles. The first-order valence-electron chi connectivity index (χ1n) is 6.38. The van der Waals surface area contributed by atoms with E-state index in [9.17, 15) is 4.79 Å². The molecule has 0 bridgehead atoms. The number of benzene rings is 1. The van der Waals surface area contributed by atoms with Crippen LogP contribution >= 0.6 is 0 Å². The Kier molecular flexibility index (Phi) is 3.67. The van der Waals surface area contributed by atoms with Crippen molar-refractivity contribution in [2.75, 3.05) is 0 Å². The second kappa shape index (κ2) is 5.21. The lowest BCUT2D eigenvalue weighted by molar-refractivity contribution is 0.244. The summed E-state index contributed by atoms with van der Waals surface area (Å²) >= 11 is 0. The maximum atomic E-state index is 11.0. The number of amides is 2. The van der Waals surface area contributed by atoms with Gasteiger partial charge in [0.15, 0.2) is 0 Å². The maximum Gasteiger partial charge on any atom is 0.312 e. The van der Waals surface area contributed by atoms with Crippen LogP contribution in [0.2, 0.25) is 0 Å². The number of primary amides is 1. The quantitative estimate of drug-likeness (QED) is 0.827. The number of hydrogen-bond acceptors (Lipinski definition) is 1. The minimum absolute atomic E-state index is 0.105. The molecular weight excluding hydrogens is 212 g/mol. The van der Waals surface area contributed by atoms with E-state index in [1.54, 1.807) is 0 Å². The number of carbonyl (C=O) groups is 1. The molecule has 2 rings (SSSR count). The van der Waals surface area contributed by atoms with Crippen molar-refractivity contribution in [1.82, 2.24) is 5.32 Å². The van der Waals surface area contributed by atoms with E-state index in [1.165, 1.54) is 16.7 Å². The van der Waals surface area contributed by atoms with Crippen LogP contribution in [0.15, 0.2) is 18.2 Å². The lowest BCUT2D eigenvalue weighted by atomic mass is 9.86. The molecule has 0 radical (unpaired) electrons. The van der Waals surface area contributed by atoms with E-state index < -0.39 is 6.03 Å². The van der Waals surface area contributed by atoms with Gasteiger partial charge in [-0.1, -0.05) is 31.5 Å². The third-order valence-corrected chi connectivity index (χ3v) is 3.38. The van der Waals surface area contributed by atoms with Gasteiger partial charge in [0.25, 0.3) is 0 Å². The van der Waals surface area contributed by atoms with Gasteiger partial charge in [-0.25, -0.2) is 4.79 Å². The summed E-state index contributed by atoms with van der Waals surface area (Å²) in [7, 11) is 0. The highest BCUT2D eigenvalue weighted by molar-refractivity contribution is 5.72. The van der Waals surface area contributed by atoms with Crippen molar-refractivity contribution < 1.29 is 4.79 Å². The Balaban J connectivity index is 2.27. The zero-order valence-electron chi connectivity index (χ0n) is 10.3. The van der Waals surface area contributed by atoms with Crippen molar-refractivity contribution in [3.05, 3.63) is 34.9 Å². The fourth-order valence-electron chi connectivity index (χ4n) is 2.61. The Morgan fingerprint density at radius 2 is 2.35 bits per heavy atom. The van der Waals surface area contributed by atoms with E-state index in [-0.39, 0.29) is 6.04 Å². The van der Waals surface area contributed by atoms with Crippen LogP contribution in [-0.4, -0.2) is 6.03 Å². The molecule has 0 spiro atoms. The molecule has 0 saturated carbocycles. The fraction of sp³-hybridized carbons (Fsp3) is 0.500. The van der Waals surface area contributed by atoms with Crippen LogP contribution in [-0.2, 0) is 12.8 Å². The van der Waals surface area contributed by atoms with E-state index in [2.05, 4.69) is 30.4 Å². The van der Waals surface area contributed by atoms with Gasteiger partial charge in [-0.3, -0.25) is 0 Å². The monoisotopic (exact) mass is 232 g/mol. The highest BCUT2D eigenvalue weighted by atomic mass is 16.2.